The van der Waals surface area contributed by atoms with Crippen LogP contribution in [-0.4, -0.2) is 65.6 Å². The van der Waals surface area contributed by atoms with Gasteiger partial charge in [-0.3, -0.25) is 9.59 Å². The maximum absolute atomic E-state index is 14.4. The third-order valence-electron chi connectivity index (χ3n) is 8.70. The van der Waals surface area contributed by atoms with Crippen LogP contribution >= 0.6 is 0 Å². The molecule has 2 aromatic rings. The molecule has 0 aliphatic carbocycles. The zero-order chi connectivity index (χ0) is 28.4. The van der Waals surface area contributed by atoms with E-state index in [2.05, 4.69) is 32.2 Å². The number of carbonyl (C=O) groups is 2. The number of unbranched alkanes of at least 4 members (excludes halogenated alkanes) is 1. The van der Waals surface area contributed by atoms with Gasteiger partial charge in [-0.15, -0.1) is 0 Å². The summed E-state index contributed by atoms with van der Waals surface area (Å²) >= 11 is 0. The number of esters is 1. The maximum atomic E-state index is 14.4. The second-order valence-electron chi connectivity index (χ2n) is 11.0. The summed E-state index contributed by atoms with van der Waals surface area (Å²) in [6.45, 7) is 7.22. The van der Waals surface area contributed by atoms with Crippen LogP contribution in [0.4, 0.5) is 5.69 Å². The first kappa shape index (κ1) is 29.1. The van der Waals surface area contributed by atoms with Gasteiger partial charge >= 0.3 is 5.97 Å². The lowest BCUT2D eigenvalue weighted by Crippen LogP contribution is -2.52. The van der Waals surface area contributed by atoms with E-state index in [0.29, 0.717) is 38.0 Å². The van der Waals surface area contributed by atoms with Crippen molar-refractivity contribution in [3.8, 4) is 11.5 Å². The minimum Gasteiger partial charge on any atom is -0.497 e. The summed E-state index contributed by atoms with van der Waals surface area (Å²) < 4.78 is 22.6. The molecule has 2 heterocycles. The number of fused-ring (bicyclic) bond motifs is 2. The Morgan fingerprint density at radius 1 is 1.05 bits per heavy atom. The highest BCUT2D eigenvalue weighted by Crippen LogP contribution is 2.60. The highest BCUT2D eigenvalue weighted by molar-refractivity contribution is 6.91. The van der Waals surface area contributed by atoms with Crippen LogP contribution in [0.25, 0.3) is 0 Å². The lowest BCUT2D eigenvalue weighted by Gasteiger charge is -2.37. The number of hydrogen-bond acceptors (Lipinski definition) is 7. The van der Waals surface area contributed by atoms with E-state index in [1.54, 1.807) is 14.2 Å². The minimum absolute atomic E-state index is 0.0204. The average molecular weight is 556 g/mol. The molecule has 2 aromatic carbocycles. The number of rotatable bonds is 11. The van der Waals surface area contributed by atoms with Crippen LogP contribution < -0.4 is 19.6 Å². The number of aliphatic hydroxyl groups excluding tert-OH is 1. The molecule has 1 N–H and O–H groups in total. The first-order valence-electron chi connectivity index (χ1n) is 13.7. The molecule has 2 aliphatic heterocycles. The number of methoxy groups -OCH3 is 3. The van der Waals surface area contributed by atoms with Crippen LogP contribution in [0, 0.1) is 5.92 Å². The smallest absolute Gasteiger partial charge is 0.305 e. The topological polar surface area (TPSA) is 94.5 Å². The molecule has 1 saturated heterocycles. The van der Waals surface area contributed by atoms with Gasteiger partial charge in [-0.1, -0.05) is 37.3 Å². The van der Waals surface area contributed by atoms with Gasteiger partial charge in [0.15, 0.2) is 5.60 Å². The monoisotopic (exact) mass is 555 g/mol. The highest BCUT2D eigenvalue weighted by atomic mass is 28.3. The van der Waals surface area contributed by atoms with Crippen LogP contribution in [0.15, 0.2) is 42.5 Å². The Bertz CT molecular complexity index is 1180. The number of aliphatic hydroxyl groups is 1. The zero-order valence-corrected chi connectivity index (χ0v) is 24.9. The number of carbonyl (C=O) groups excluding carboxylic acids is 2. The van der Waals surface area contributed by atoms with Crippen LogP contribution in [0.2, 0.25) is 18.6 Å². The second kappa shape index (κ2) is 11.7. The van der Waals surface area contributed by atoms with Crippen molar-refractivity contribution in [1.82, 2.24) is 0 Å². The summed E-state index contributed by atoms with van der Waals surface area (Å²) in [5.74, 6) is 0.991. The Kier molecular flexibility index (Phi) is 8.73. The van der Waals surface area contributed by atoms with Gasteiger partial charge in [-0.25, -0.2) is 0 Å². The molecule has 0 saturated carbocycles. The molecule has 1 amide bonds. The molecule has 0 aromatic heterocycles. The van der Waals surface area contributed by atoms with Crippen molar-refractivity contribution in [1.29, 1.82) is 0 Å². The molecule has 2 aliphatic rings. The van der Waals surface area contributed by atoms with Gasteiger partial charge in [0, 0.05) is 31.1 Å². The van der Waals surface area contributed by atoms with Crippen LogP contribution in [-0.2, 0) is 24.7 Å². The Hall–Kier alpha value is -2.88. The lowest BCUT2D eigenvalue weighted by molar-refractivity contribution is -0.146. The van der Waals surface area contributed by atoms with Gasteiger partial charge in [0.1, 0.15) is 11.5 Å². The van der Waals surface area contributed by atoms with Crippen molar-refractivity contribution in [2.45, 2.75) is 62.9 Å². The van der Waals surface area contributed by atoms with E-state index in [1.165, 1.54) is 12.3 Å². The molecule has 0 bridgehead atoms. The normalized spacial score (nSPS) is 24.2. The SMILES string of the molecule is COC(=O)CCCCN1C(=O)[C@]2(O[C@H](CCO)[C@@H]([Si](C)(C)c3ccc(OC)cc3)[C@@H]2C)c2cc(OC)ccc21. The van der Waals surface area contributed by atoms with Crippen molar-refractivity contribution < 1.29 is 33.6 Å². The Labute approximate surface area is 232 Å². The summed E-state index contributed by atoms with van der Waals surface area (Å²) in [6, 6.07) is 13.9. The van der Waals surface area contributed by atoms with E-state index in [0.717, 1.165) is 17.0 Å². The summed E-state index contributed by atoms with van der Waals surface area (Å²) in [4.78, 5) is 27.8. The van der Waals surface area contributed by atoms with Gasteiger partial charge < -0.3 is 29.0 Å². The van der Waals surface area contributed by atoms with Gasteiger partial charge in [0.2, 0.25) is 0 Å². The molecule has 4 rings (SSSR count). The van der Waals surface area contributed by atoms with Crippen molar-refractivity contribution in [2.24, 2.45) is 5.92 Å². The number of amides is 1. The molecule has 0 radical (unpaired) electrons. The molecule has 1 fully saturated rings. The number of benzene rings is 2. The molecule has 9 heteroatoms. The Morgan fingerprint density at radius 2 is 1.72 bits per heavy atom. The van der Waals surface area contributed by atoms with E-state index in [1.807, 2.05) is 35.2 Å². The summed E-state index contributed by atoms with van der Waals surface area (Å²) in [5.41, 5.74) is 0.531. The van der Waals surface area contributed by atoms with Crippen molar-refractivity contribution in [3.05, 3.63) is 48.0 Å². The van der Waals surface area contributed by atoms with Crippen molar-refractivity contribution in [3.63, 3.8) is 0 Å². The fraction of sp³-hybridized carbons (Fsp3) is 0.533. The summed E-state index contributed by atoms with van der Waals surface area (Å²) in [6.07, 6.45) is 1.77. The second-order valence-corrected chi connectivity index (χ2v) is 15.7. The number of nitrogens with zero attached hydrogens (tertiary/aromatic N) is 1. The van der Waals surface area contributed by atoms with Gasteiger partial charge in [0.25, 0.3) is 5.91 Å². The molecule has 0 unspecified atom stereocenters. The van der Waals surface area contributed by atoms with Crippen LogP contribution in [0.3, 0.4) is 0 Å². The Balaban J connectivity index is 1.74. The third kappa shape index (κ3) is 5.07. The van der Waals surface area contributed by atoms with E-state index in [9.17, 15) is 14.7 Å². The number of ether oxygens (including phenoxy) is 4. The van der Waals surface area contributed by atoms with Gasteiger partial charge in [0.05, 0.1) is 41.2 Å². The molecule has 212 valence electrons. The molecular formula is C30H41NO7Si. The third-order valence-corrected chi connectivity index (χ3v) is 13.1. The predicted octanol–water partition coefficient (Wildman–Crippen LogP) is 3.99. The number of hydrogen-bond donors (Lipinski definition) is 1. The van der Waals surface area contributed by atoms with E-state index < -0.39 is 13.7 Å². The molecular weight excluding hydrogens is 514 g/mol. The van der Waals surface area contributed by atoms with E-state index in [4.69, 9.17) is 18.9 Å². The van der Waals surface area contributed by atoms with Crippen molar-refractivity contribution >= 4 is 30.8 Å². The largest absolute Gasteiger partial charge is 0.497 e. The van der Waals surface area contributed by atoms with Gasteiger partial charge in [-0.05, 0) is 55.1 Å². The van der Waals surface area contributed by atoms with Gasteiger partial charge in [-0.2, -0.15) is 0 Å². The maximum Gasteiger partial charge on any atom is 0.305 e. The zero-order valence-electron chi connectivity index (χ0n) is 23.9. The standard InChI is InChI=1S/C30H41NO7Si/c1-20-28(39(5,6)23-13-10-21(35-2)11-14-23)26(16-18-32)38-30(20)24-19-22(36-3)12-15-25(24)31(29(30)34)17-8-7-9-27(33)37-4/h10-15,19-20,26,28,32H,7-9,16-18H2,1-6H3/t20-,26+,28-,30+/m0/s1. The van der Waals surface area contributed by atoms with Crippen molar-refractivity contribution in [2.75, 3.05) is 39.4 Å². The minimum atomic E-state index is -2.23. The highest BCUT2D eigenvalue weighted by Gasteiger charge is 2.66. The lowest BCUT2D eigenvalue weighted by atomic mass is 9.82. The molecule has 1 spiro atoms. The quantitative estimate of drug-likeness (QED) is 0.255. The molecule has 39 heavy (non-hydrogen) atoms. The summed E-state index contributed by atoms with van der Waals surface area (Å²) in [5, 5.41) is 11.3. The number of anilines is 1. The first-order valence-corrected chi connectivity index (χ1v) is 16.7. The van der Waals surface area contributed by atoms with E-state index >= 15 is 0 Å². The Morgan fingerprint density at radius 3 is 2.33 bits per heavy atom. The summed E-state index contributed by atoms with van der Waals surface area (Å²) in [7, 11) is 2.43. The fourth-order valence-corrected chi connectivity index (χ4v) is 10.7. The molecule has 4 atom stereocenters. The van der Waals surface area contributed by atoms with E-state index in [-0.39, 0.29) is 36.0 Å². The fourth-order valence-electron chi connectivity index (χ4n) is 6.68. The van der Waals surface area contributed by atoms with Crippen LogP contribution in [0.5, 0.6) is 11.5 Å². The first-order chi connectivity index (χ1) is 18.6. The predicted molar refractivity (Wildman–Crippen MR) is 152 cm³/mol. The average Bonchev–Trinajstić information content (AvgIpc) is 3.37. The van der Waals surface area contributed by atoms with Crippen LogP contribution in [0.1, 0.15) is 38.2 Å². The molecule has 8 nitrogen and oxygen atoms in total.